The Morgan fingerprint density at radius 3 is 2.17 bits per heavy atom. The Labute approximate surface area is 311 Å². The van der Waals surface area contributed by atoms with Crippen molar-refractivity contribution in [2.75, 3.05) is 32.6 Å². The van der Waals surface area contributed by atoms with E-state index in [1.807, 2.05) is 89.2 Å². The number of hydrogen-bond acceptors (Lipinski definition) is 6. The lowest BCUT2D eigenvalue weighted by Crippen LogP contribution is -2.60. The average molecular weight is 716 g/mol. The van der Waals surface area contributed by atoms with Gasteiger partial charge in [0.2, 0.25) is 23.6 Å². The van der Waals surface area contributed by atoms with Crippen LogP contribution in [0, 0.1) is 11.3 Å². The standard InChI is InChI=1S/C42H61N5O5/c1-27(2)35(45(9)41(51)37(42(6,7)8)44-39(49)33-19-14-15-23-46(33)28(3)4)25-29(5)40(50)47-24-16-20-34(47)38(48)43-32-26-31(21-22-36(32)52-10)30-17-12-11-13-18-30/h11-13,17-18,21-22,25-28,33-35,37H,14-16,19-20,23-24H2,1-10H3,(H,43,48)(H,44,49)/b29-25+/t33?,34?,35-,37?/m1/s1. The Morgan fingerprint density at radius 1 is 0.885 bits per heavy atom. The van der Waals surface area contributed by atoms with Gasteiger partial charge in [-0.25, -0.2) is 0 Å². The first-order valence-electron chi connectivity index (χ1n) is 18.9. The number of carbonyl (C=O) groups excluding carboxylic acids is 4. The van der Waals surface area contributed by atoms with Crippen LogP contribution in [0.2, 0.25) is 0 Å². The molecule has 0 aromatic heterocycles. The van der Waals surface area contributed by atoms with Crippen molar-refractivity contribution in [2.45, 2.75) is 118 Å². The molecule has 2 N–H and O–H groups in total. The number of likely N-dealkylation sites (N-methyl/N-ethyl adjacent to an activating group) is 1. The van der Waals surface area contributed by atoms with Crippen molar-refractivity contribution >= 4 is 29.3 Å². The van der Waals surface area contributed by atoms with Crippen LogP contribution < -0.4 is 15.4 Å². The molecule has 0 bridgehead atoms. The second-order valence-electron chi connectivity index (χ2n) is 16.1. The van der Waals surface area contributed by atoms with Gasteiger partial charge in [0.1, 0.15) is 17.8 Å². The number of ether oxygens (including phenoxy) is 1. The van der Waals surface area contributed by atoms with Crippen molar-refractivity contribution in [3.05, 3.63) is 60.2 Å². The molecule has 3 unspecified atom stereocenters. The van der Waals surface area contributed by atoms with Gasteiger partial charge in [-0.05, 0) is 87.6 Å². The number of hydrogen-bond donors (Lipinski definition) is 2. The van der Waals surface area contributed by atoms with Gasteiger partial charge in [-0.3, -0.25) is 24.1 Å². The van der Waals surface area contributed by atoms with Crippen molar-refractivity contribution in [3.8, 4) is 16.9 Å². The third-order valence-corrected chi connectivity index (χ3v) is 10.5. The van der Waals surface area contributed by atoms with Crippen LogP contribution in [0.1, 0.15) is 87.5 Å². The normalized spacial score (nSPS) is 19.7. The zero-order valence-corrected chi connectivity index (χ0v) is 33.0. The van der Waals surface area contributed by atoms with Gasteiger partial charge in [-0.1, -0.05) is 83.5 Å². The Hall–Kier alpha value is -4.18. The molecular weight excluding hydrogens is 654 g/mol. The highest BCUT2D eigenvalue weighted by molar-refractivity contribution is 6.02. The molecule has 2 aromatic carbocycles. The SMILES string of the molecule is COc1ccc(-c2ccccc2)cc1NC(=O)C1CCCN1C(=O)/C(C)=C/[C@H](C(C)C)N(C)C(=O)C(NC(=O)C1CCCCN1C(C)C)C(C)(C)C. The van der Waals surface area contributed by atoms with Gasteiger partial charge >= 0.3 is 0 Å². The van der Waals surface area contributed by atoms with Gasteiger partial charge in [0, 0.05) is 25.2 Å². The van der Waals surface area contributed by atoms with Crippen molar-refractivity contribution < 1.29 is 23.9 Å². The molecule has 0 aliphatic carbocycles. The van der Waals surface area contributed by atoms with Gasteiger partial charge < -0.3 is 25.2 Å². The Morgan fingerprint density at radius 2 is 1.56 bits per heavy atom. The molecular formula is C42H61N5O5. The maximum absolute atomic E-state index is 14.3. The van der Waals surface area contributed by atoms with E-state index in [0.29, 0.717) is 36.4 Å². The van der Waals surface area contributed by atoms with Crippen LogP contribution in [-0.2, 0) is 19.2 Å². The number of nitrogens with zero attached hydrogens (tertiary/aromatic N) is 3. The van der Waals surface area contributed by atoms with Gasteiger partial charge in [-0.2, -0.15) is 0 Å². The van der Waals surface area contributed by atoms with Gasteiger partial charge in [-0.15, -0.1) is 0 Å². The summed E-state index contributed by atoms with van der Waals surface area (Å²) in [6.07, 6.45) is 5.90. The van der Waals surface area contributed by atoms with E-state index in [1.165, 1.54) is 0 Å². The lowest BCUT2D eigenvalue weighted by molar-refractivity contribution is -0.142. The maximum atomic E-state index is 14.3. The second kappa shape index (κ2) is 17.6. The number of methoxy groups -OCH3 is 1. The van der Waals surface area contributed by atoms with Crippen LogP contribution in [0.4, 0.5) is 5.69 Å². The fraction of sp³-hybridized carbons (Fsp3) is 0.571. The Kier molecular flexibility index (Phi) is 13.7. The number of piperidine rings is 1. The fourth-order valence-corrected chi connectivity index (χ4v) is 7.51. The zero-order valence-electron chi connectivity index (χ0n) is 33.0. The van der Waals surface area contributed by atoms with E-state index in [4.69, 9.17) is 4.74 Å². The first-order chi connectivity index (χ1) is 24.5. The molecule has 2 aliphatic heterocycles. The molecule has 10 nitrogen and oxygen atoms in total. The molecule has 284 valence electrons. The molecule has 4 atom stereocenters. The highest BCUT2D eigenvalue weighted by Crippen LogP contribution is 2.32. The number of nitrogens with one attached hydrogen (secondary N) is 2. The number of amides is 4. The third kappa shape index (κ3) is 9.62. The minimum absolute atomic E-state index is 0.0233. The quantitative estimate of drug-likeness (QED) is 0.243. The van der Waals surface area contributed by atoms with E-state index in [0.717, 1.165) is 36.9 Å². The van der Waals surface area contributed by atoms with Crippen molar-refractivity contribution in [1.29, 1.82) is 0 Å². The van der Waals surface area contributed by atoms with E-state index in [-0.39, 0.29) is 41.6 Å². The molecule has 52 heavy (non-hydrogen) atoms. The van der Waals surface area contributed by atoms with Crippen LogP contribution in [0.3, 0.4) is 0 Å². The van der Waals surface area contributed by atoms with Crippen LogP contribution in [0.25, 0.3) is 11.1 Å². The molecule has 4 rings (SSSR count). The van der Waals surface area contributed by atoms with Gasteiger partial charge in [0.05, 0.1) is 24.9 Å². The molecule has 2 fully saturated rings. The Bertz CT molecular complexity index is 1600. The molecule has 2 aromatic rings. The predicted octanol–water partition coefficient (Wildman–Crippen LogP) is 6.51. The summed E-state index contributed by atoms with van der Waals surface area (Å²) in [7, 11) is 3.31. The summed E-state index contributed by atoms with van der Waals surface area (Å²) < 4.78 is 5.56. The van der Waals surface area contributed by atoms with Crippen LogP contribution >= 0.6 is 0 Å². The lowest BCUT2D eigenvalue weighted by Gasteiger charge is -2.41. The monoisotopic (exact) mass is 715 g/mol. The molecule has 2 heterocycles. The van der Waals surface area contributed by atoms with Gasteiger partial charge in [0.25, 0.3) is 0 Å². The molecule has 0 saturated carbocycles. The summed E-state index contributed by atoms with van der Waals surface area (Å²) in [4.78, 5) is 61.3. The predicted molar refractivity (Wildman–Crippen MR) is 208 cm³/mol. The summed E-state index contributed by atoms with van der Waals surface area (Å²) in [6, 6.07) is 13.7. The van der Waals surface area contributed by atoms with E-state index < -0.39 is 23.5 Å². The number of rotatable bonds is 12. The molecule has 4 amide bonds. The van der Waals surface area contributed by atoms with E-state index in [1.54, 1.807) is 30.9 Å². The van der Waals surface area contributed by atoms with Crippen molar-refractivity contribution in [3.63, 3.8) is 0 Å². The van der Waals surface area contributed by atoms with Crippen molar-refractivity contribution in [1.82, 2.24) is 20.0 Å². The lowest BCUT2D eigenvalue weighted by atomic mass is 9.84. The largest absolute Gasteiger partial charge is 0.495 e. The minimum Gasteiger partial charge on any atom is -0.495 e. The topological polar surface area (TPSA) is 111 Å². The maximum Gasteiger partial charge on any atom is 0.249 e. The summed E-state index contributed by atoms with van der Waals surface area (Å²) in [5.41, 5.74) is 2.41. The average Bonchev–Trinajstić information content (AvgIpc) is 3.62. The summed E-state index contributed by atoms with van der Waals surface area (Å²) >= 11 is 0. The second-order valence-corrected chi connectivity index (χ2v) is 16.1. The third-order valence-electron chi connectivity index (χ3n) is 10.5. The molecule has 0 spiro atoms. The summed E-state index contributed by atoms with van der Waals surface area (Å²) in [6.45, 7) is 17.2. The van der Waals surface area contributed by atoms with Gasteiger partial charge in [0.15, 0.2) is 0 Å². The number of carbonyl (C=O) groups is 4. The zero-order chi connectivity index (χ0) is 38.3. The van der Waals surface area contributed by atoms with Crippen LogP contribution in [0.15, 0.2) is 60.2 Å². The first-order valence-corrected chi connectivity index (χ1v) is 18.9. The van der Waals surface area contributed by atoms with Crippen molar-refractivity contribution in [2.24, 2.45) is 11.3 Å². The molecule has 0 radical (unpaired) electrons. The highest BCUT2D eigenvalue weighted by Gasteiger charge is 2.40. The van der Waals surface area contributed by atoms with Crippen LogP contribution in [0.5, 0.6) is 5.75 Å². The fourth-order valence-electron chi connectivity index (χ4n) is 7.51. The number of benzene rings is 2. The Balaban J connectivity index is 1.51. The summed E-state index contributed by atoms with van der Waals surface area (Å²) in [5.74, 6) is -0.305. The minimum atomic E-state index is -0.754. The number of anilines is 1. The molecule has 10 heteroatoms. The summed E-state index contributed by atoms with van der Waals surface area (Å²) in [5, 5.41) is 6.18. The molecule has 2 aliphatic rings. The smallest absolute Gasteiger partial charge is 0.249 e. The van der Waals surface area contributed by atoms with E-state index in [9.17, 15) is 19.2 Å². The first kappa shape index (κ1) is 40.6. The van der Waals surface area contributed by atoms with E-state index in [2.05, 4.69) is 29.4 Å². The van der Waals surface area contributed by atoms with E-state index >= 15 is 0 Å². The number of likely N-dealkylation sites (tertiary alicyclic amines) is 2. The van der Waals surface area contributed by atoms with Crippen LogP contribution in [-0.4, -0.2) is 95.8 Å². The molecule has 2 saturated heterocycles. The highest BCUT2D eigenvalue weighted by atomic mass is 16.5.